The molecule has 0 bridgehead atoms. The molecule has 1 aliphatic rings. The molecule has 2 heterocycles. The van der Waals surface area contributed by atoms with Crippen molar-refractivity contribution in [1.82, 2.24) is 9.88 Å². The number of anilines is 1. The second kappa shape index (κ2) is 5.90. The van der Waals surface area contributed by atoms with Gasteiger partial charge in [-0.05, 0) is 58.2 Å². The van der Waals surface area contributed by atoms with Gasteiger partial charge >= 0.3 is 0 Å². The van der Waals surface area contributed by atoms with E-state index in [9.17, 15) is 4.79 Å². The van der Waals surface area contributed by atoms with Gasteiger partial charge in [-0.3, -0.25) is 4.79 Å². The first-order valence-electron chi connectivity index (χ1n) is 8.09. The summed E-state index contributed by atoms with van der Waals surface area (Å²) in [6.07, 6.45) is 3.61. The normalized spacial score (nSPS) is 18.2. The predicted octanol–water partition coefficient (Wildman–Crippen LogP) is 3.25. The number of carbonyl (C=O) groups is 1. The van der Waals surface area contributed by atoms with Crippen LogP contribution in [0.5, 0.6) is 0 Å². The number of nitrogens with zero attached hydrogens (tertiary/aromatic N) is 3. The average molecular weight is 303 g/mol. The highest BCUT2D eigenvalue weighted by Crippen LogP contribution is 2.35. The fourth-order valence-electron chi connectivity index (χ4n) is 2.85. The summed E-state index contributed by atoms with van der Waals surface area (Å²) in [5.74, 6) is 1.29. The van der Waals surface area contributed by atoms with Crippen molar-refractivity contribution < 1.29 is 4.79 Å². The van der Waals surface area contributed by atoms with Crippen molar-refractivity contribution in [3.63, 3.8) is 0 Å². The van der Waals surface area contributed by atoms with E-state index in [2.05, 4.69) is 50.6 Å². The minimum Gasteiger partial charge on any atom is -0.357 e. The highest BCUT2D eigenvalue weighted by atomic mass is 16.2. The number of hydrogen-bond acceptors (Lipinski definition) is 3. The maximum Gasteiger partial charge on any atom is 0.228 e. The van der Waals surface area contributed by atoms with Gasteiger partial charge in [-0.1, -0.05) is 6.92 Å². The molecule has 0 N–H and O–H groups in total. The van der Waals surface area contributed by atoms with E-state index in [-0.39, 0.29) is 16.9 Å². The molecule has 122 valence electrons. The summed E-state index contributed by atoms with van der Waals surface area (Å²) in [4.78, 5) is 21.5. The maximum atomic E-state index is 12.9. The number of amides is 1. The zero-order valence-corrected chi connectivity index (χ0v) is 14.8. The number of pyridine rings is 1. The lowest BCUT2D eigenvalue weighted by Gasteiger charge is -2.44. The molecule has 1 amide bonds. The molecule has 1 aromatic heterocycles. The van der Waals surface area contributed by atoms with Crippen LogP contribution in [-0.4, -0.2) is 41.5 Å². The van der Waals surface area contributed by atoms with Crippen LogP contribution >= 0.6 is 0 Å². The van der Waals surface area contributed by atoms with Crippen molar-refractivity contribution in [2.75, 3.05) is 25.0 Å². The third-order valence-electron chi connectivity index (χ3n) is 4.92. The smallest absolute Gasteiger partial charge is 0.228 e. The van der Waals surface area contributed by atoms with Crippen LogP contribution in [-0.2, 0) is 4.79 Å². The average Bonchev–Trinajstić information content (AvgIpc) is 2.45. The van der Waals surface area contributed by atoms with Gasteiger partial charge in [-0.25, -0.2) is 4.98 Å². The second-order valence-electron chi connectivity index (χ2n) is 7.77. The first-order chi connectivity index (χ1) is 10.1. The number of piperidine rings is 1. The third kappa shape index (κ3) is 3.42. The summed E-state index contributed by atoms with van der Waals surface area (Å²) in [5.41, 5.74) is 0.833. The van der Waals surface area contributed by atoms with Crippen LogP contribution in [0.15, 0.2) is 18.3 Å². The van der Waals surface area contributed by atoms with Crippen molar-refractivity contribution in [3.05, 3.63) is 23.9 Å². The fraction of sp³-hybridized carbons (Fsp3) is 0.667. The first kappa shape index (κ1) is 16.8. The molecule has 4 heteroatoms. The van der Waals surface area contributed by atoms with E-state index in [4.69, 9.17) is 0 Å². The fourth-order valence-corrected chi connectivity index (χ4v) is 2.85. The van der Waals surface area contributed by atoms with E-state index in [1.807, 2.05) is 24.2 Å². The van der Waals surface area contributed by atoms with E-state index < -0.39 is 0 Å². The summed E-state index contributed by atoms with van der Waals surface area (Å²) in [6.45, 7) is 12.2. The minimum absolute atomic E-state index is 0.130. The summed E-state index contributed by atoms with van der Waals surface area (Å²) >= 11 is 0. The van der Waals surface area contributed by atoms with Gasteiger partial charge in [0.1, 0.15) is 5.82 Å². The van der Waals surface area contributed by atoms with Gasteiger partial charge in [0.25, 0.3) is 0 Å². The molecule has 1 fully saturated rings. The molecule has 1 aromatic rings. The van der Waals surface area contributed by atoms with Gasteiger partial charge < -0.3 is 9.80 Å². The molecule has 0 radical (unpaired) electrons. The van der Waals surface area contributed by atoms with E-state index in [1.165, 1.54) is 5.56 Å². The van der Waals surface area contributed by atoms with Crippen LogP contribution in [0.25, 0.3) is 0 Å². The van der Waals surface area contributed by atoms with Crippen molar-refractivity contribution >= 4 is 11.7 Å². The summed E-state index contributed by atoms with van der Waals surface area (Å²) < 4.78 is 0. The Bertz CT molecular complexity index is 540. The molecule has 0 atom stereocenters. The van der Waals surface area contributed by atoms with Crippen LogP contribution in [0.2, 0.25) is 0 Å². The molecule has 0 saturated carbocycles. The van der Waals surface area contributed by atoms with Crippen LogP contribution in [0.1, 0.15) is 46.1 Å². The third-order valence-corrected chi connectivity index (χ3v) is 4.92. The lowest BCUT2D eigenvalue weighted by Crippen LogP contribution is -2.53. The Balaban J connectivity index is 2.06. The van der Waals surface area contributed by atoms with E-state index in [0.717, 1.165) is 31.7 Å². The van der Waals surface area contributed by atoms with Gasteiger partial charge in [0.2, 0.25) is 5.91 Å². The van der Waals surface area contributed by atoms with Crippen molar-refractivity contribution in [1.29, 1.82) is 0 Å². The van der Waals surface area contributed by atoms with Crippen LogP contribution in [0.4, 0.5) is 5.82 Å². The predicted molar refractivity (Wildman–Crippen MR) is 91.1 cm³/mol. The quantitative estimate of drug-likeness (QED) is 0.841. The lowest BCUT2D eigenvalue weighted by molar-refractivity contribution is -0.145. The Kier molecular flexibility index (Phi) is 4.50. The summed E-state index contributed by atoms with van der Waals surface area (Å²) in [5, 5.41) is 0. The SMILES string of the molecule is Cc1ccnc(N2CCC(C)(C(=O)N(C)C(C)(C)C)CC2)c1. The highest BCUT2D eigenvalue weighted by molar-refractivity contribution is 5.83. The van der Waals surface area contributed by atoms with Crippen molar-refractivity contribution in [3.8, 4) is 0 Å². The number of rotatable bonds is 2. The first-order valence-corrected chi connectivity index (χ1v) is 8.09. The topological polar surface area (TPSA) is 36.4 Å². The van der Waals surface area contributed by atoms with Gasteiger partial charge in [0.05, 0.1) is 0 Å². The highest BCUT2D eigenvalue weighted by Gasteiger charge is 2.41. The maximum absolute atomic E-state index is 12.9. The summed E-state index contributed by atoms with van der Waals surface area (Å²) in [6, 6.07) is 4.13. The molecule has 0 unspecified atom stereocenters. The van der Waals surface area contributed by atoms with Crippen molar-refractivity contribution in [2.24, 2.45) is 5.41 Å². The molecule has 4 nitrogen and oxygen atoms in total. The number of aryl methyl sites for hydroxylation is 1. The molecule has 1 saturated heterocycles. The van der Waals surface area contributed by atoms with Gasteiger partial charge in [0.15, 0.2) is 0 Å². The van der Waals surface area contributed by atoms with Crippen LogP contribution < -0.4 is 4.90 Å². The van der Waals surface area contributed by atoms with Gasteiger partial charge in [0, 0.05) is 37.3 Å². The lowest BCUT2D eigenvalue weighted by atomic mass is 9.78. The zero-order chi connectivity index (χ0) is 16.5. The van der Waals surface area contributed by atoms with Crippen LogP contribution in [0.3, 0.4) is 0 Å². The Hall–Kier alpha value is -1.58. The van der Waals surface area contributed by atoms with E-state index >= 15 is 0 Å². The number of aromatic nitrogens is 1. The molecule has 2 rings (SSSR count). The Morgan fingerprint density at radius 2 is 1.91 bits per heavy atom. The summed E-state index contributed by atoms with van der Waals surface area (Å²) in [7, 11) is 1.92. The van der Waals surface area contributed by atoms with Gasteiger partial charge in [-0.15, -0.1) is 0 Å². The Morgan fingerprint density at radius 3 is 2.41 bits per heavy atom. The molecular formula is C18H29N3O. The molecule has 1 aliphatic heterocycles. The monoisotopic (exact) mass is 303 g/mol. The zero-order valence-electron chi connectivity index (χ0n) is 14.8. The molecule has 0 spiro atoms. The van der Waals surface area contributed by atoms with Crippen molar-refractivity contribution in [2.45, 2.75) is 53.0 Å². The van der Waals surface area contributed by atoms with E-state index in [1.54, 1.807) is 0 Å². The molecular weight excluding hydrogens is 274 g/mol. The molecule has 0 aromatic carbocycles. The van der Waals surface area contributed by atoms with Gasteiger partial charge in [-0.2, -0.15) is 0 Å². The number of carbonyl (C=O) groups excluding carboxylic acids is 1. The number of hydrogen-bond donors (Lipinski definition) is 0. The molecule has 0 aliphatic carbocycles. The van der Waals surface area contributed by atoms with Crippen LogP contribution in [0, 0.1) is 12.3 Å². The molecule has 22 heavy (non-hydrogen) atoms. The second-order valence-corrected chi connectivity index (χ2v) is 7.77. The van der Waals surface area contributed by atoms with E-state index in [0.29, 0.717) is 0 Å². The largest absolute Gasteiger partial charge is 0.357 e. The Morgan fingerprint density at radius 1 is 1.32 bits per heavy atom. The Labute approximate surface area is 134 Å². The minimum atomic E-state index is -0.262. The standard InChI is InChI=1S/C18H29N3O/c1-14-7-10-19-15(13-14)21-11-8-18(5,9-12-21)16(22)20(6)17(2,3)4/h7,10,13H,8-9,11-12H2,1-6H3.